The maximum atomic E-state index is 15.7. The first kappa shape index (κ1) is 20.7. The summed E-state index contributed by atoms with van der Waals surface area (Å²) in [6.45, 7) is 2.19. The van der Waals surface area contributed by atoms with E-state index in [1.54, 1.807) is 0 Å². The molecule has 34 heavy (non-hydrogen) atoms. The fourth-order valence-electron chi connectivity index (χ4n) is 5.03. The molecule has 5 aromatic rings. The van der Waals surface area contributed by atoms with Gasteiger partial charge in [-0.1, -0.05) is 67.0 Å². The molecule has 0 saturated heterocycles. The first-order chi connectivity index (χ1) is 16.6. The molecule has 0 amide bonds. The average Bonchev–Trinajstić information content (AvgIpc) is 3.47. The van der Waals surface area contributed by atoms with Crippen LogP contribution in [-0.2, 0) is 19.3 Å². The number of hydrogen-bond donors (Lipinski definition) is 2. The third-order valence-corrected chi connectivity index (χ3v) is 6.84. The Kier molecular flexibility index (Phi) is 4.94. The lowest BCUT2D eigenvalue weighted by Crippen LogP contribution is -2.03. The van der Waals surface area contributed by atoms with Crippen molar-refractivity contribution in [3.8, 4) is 33.8 Å². The number of aromatic nitrogens is 3. The van der Waals surface area contributed by atoms with Crippen molar-refractivity contribution in [1.29, 1.82) is 0 Å². The topological polar surface area (TPSA) is 74.7 Å². The second-order valence-corrected chi connectivity index (χ2v) is 8.94. The lowest BCUT2D eigenvalue weighted by atomic mass is 9.87. The number of halogens is 1. The fourth-order valence-corrected chi connectivity index (χ4v) is 5.03. The maximum Gasteiger partial charge on any atom is 0.439 e. The Morgan fingerprint density at radius 1 is 1.00 bits per heavy atom. The van der Waals surface area contributed by atoms with Crippen molar-refractivity contribution in [3.63, 3.8) is 0 Å². The number of aromatic amines is 2. The van der Waals surface area contributed by atoms with Crippen molar-refractivity contribution in [1.82, 2.24) is 15.1 Å². The van der Waals surface area contributed by atoms with Crippen LogP contribution in [0.1, 0.15) is 39.3 Å². The van der Waals surface area contributed by atoms with E-state index >= 15 is 4.39 Å². The Hall–Kier alpha value is -3.93. The number of unbranched alkanes of at least 4 members (excludes halogenated alkanes) is 1. The summed E-state index contributed by atoms with van der Waals surface area (Å²) >= 11 is 0. The molecule has 0 unspecified atom stereocenters. The minimum Gasteiger partial charge on any atom is -0.352 e. The van der Waals surface area contributed by atoms with E-state index in [4.69, 9.17) is 0 Å². The average molecular weight is 458 g/mol. The van der Waals surface area contributed by atoms with E-state index in [0.717, 1.165) is 71.0 Å². The van der Waals surface area contributed by atoms with Crippen LogP contribution in [-0.4, -0.2) is 15.1 Å². The largest absolute Gasteiger partial charge is 0.439 e. The molecule has 174 valence electrons. The van der Waals surface area contributed by atoms with Crippen molar-refractivity contribution in [2.45, 2.75) is 39.0 Å². The molecule has 2 heterocycles. The van der Waals surface area contributed by atoms with Gasteiger partial charge < -0.3 is 4.98 Å². The van der Waals surface area contributed by atoms with Crippen molar-refractivity contribution >= 4 is 10.9 Å². The Morgan fingerprint density at radius 2 is 1.79 bits per heavy atom. The van der Waals surface area contributed by atoms with Crippen LogP contribution in [0.15, 0.2) is 63.9 Å². The predicted molar refractivity (Wildman–Crippen MR) is 135 cm³/mol. The van der Waals surface area contributed by atoms with E-state index in [2.05, 4.69) is 38.7 Å². The molecule has 2 N–H and O–H groups in total. The van der Waals surface area contributed by atoms with Crippen LogP contribution in [0.5, 0.6) is 0 Å². The highest BCUT2D eigenvalue weighted by Gasteiger charge is 2.24. The Morgan fingerprint density at radius 3 is 2.56 bits per heavy atom. The van der Waals surface area contributed by atoms with Gasteiger partial charge in [0.05, 0.1) is 11.2 Å². The summed E-state index contributed by atoms with van der Waals surface area (Å²) in [5, 5.41) is 4.72. The van der Waals surface area contributed by atoms with E-state index in [1.807, 2.05) is 42.5 Å². The van der Waals surface area contributed by atoms with E-state index in [1.165, 1.54) is 5.56 Å². The molecule has 1 aliphatic rings. The summed E-state index contributed by atoms with van der Waals surface area (Å²) in [5.74, 6) is -0.384. The van der Waals surface area contributed by atoms with Crippen LogP contribution in [0.2, 0.25) is 0 Å². The van der Waals surface area contributed by atoms with Gasteiger partial charge in [-0.15, -0.1) is 0 Å². The highest BCUT2D eigenvalue weighted by atomic mass is 19.1. The fraction of sp³-hybridized carbons (Fsp3) is 0.214. The summed E-state index contributed by atoms with van der Waals surface area (Å²) in [4.78, 5) is 17.3. The van der Waals surface area contributed by atoms with Crippen LogP contribution >= 0.6 is 0 Å². The van der Waals surface area contributed by atoms with Crippen LogP contribution in [0.3, 0.4) is 0 Å². The predicted octanol–water partition coefficient (Wildman–Crippen LogP) is 6.92. The molecule has 3 aromatic carbocycles. The zero-order valence-corrected chi connectivity index (χ0v) is 18.9. The van der Waals surface area contributed by atoms with Gasteiger partial charge in [0.15, 0.2) is 11.6 Å². The molecular formula is C28H28FN3O2. The molecule has 2 aromatic heterocycles. The summed E-state index contributed by atoms with van der Waals surface area (Å²) in [6.07, 6.45) is 5.01. The summed E-state index contributed by atoms with van der Waals surface area (Å²) < 4.78 is 20.4. The van der Waals surface area contributed by atoms with Gasteiger partial charge in [-0.25, -0.2) is 9.18 Å². The molecule has 0 atom stereocenters. The Labute approximate surface area is 198 Å². The summed E-state index contributed by atoms with van der Waals surface area (Å²) in [7, 11) is 0. The van der Waals surface area contributed by atoms with Crippen molar-refractivity contribution < 1.29 is 11.8 Å². The Bertz CT molecular complexity index is 1590. The molecule has 0 aliphatic heterocycles. The molecular weight excluding hydrogens is 429 g/mol. The van der Waals surface area contributed by atoms with Crippen molar-refractivity contribution in [2.24, 2.45) is 0 Å². The number of nitrogens with zero attached hydrogens (tertiary/aromatic N) is 1. The zero-order chi connectivity index (χ0) is 23.2. The lowest BCUT2D eigenvalue weighted by molar-refractivity contribution is 0.388. The van der Waals surface area contributed by atoms with Gasteiger partial charge in [0.1, 0.15) is 0 Å². The molecule has 6 rings (SSSR count). The number of hydrogen-bond acceptors (Lipinski definition) is 3. The molecule has 0 radical (unpaired) electrons. The van der Waals surface area contributed by atoms with Crippen LogP contribution in [0.25, 0.3) is 44.7 Å². The van der Waals surface area contributed by atoms with Gasteiger partial charge in [-0.3, -0.25) is 9.51 Å². The Balaban J connectivity index is 0.00000152. The maximum absolute atomic E-state index is 15.7. The van der Waals surface area contributed by atoms with Crippen LogP contribution < -0.4 is 5.76 Å². The molecule has 1 aliphatic carbocycles. The van der Waals surface area contributed by atoms with Gasteiger partial charge >= 0.3 is 5.76 Å². The highest BCUT2D eigenvalue weighted by molar-refractivity contribution is 5.95. The van der Waals surface area contributed by atoms with Crippen LogP contribution in [0.4, 0.5) is 4.39 Å². The summed E-state index contributed by atoms with van der Waals surface area (Å²) in [5.41, 5.74) is 8.41. The van der Waals surface area contributed by atoms with Gasteiger partial charge in [-0.05, 0) is 54.0 Å². The zero-order valence-electron chi connectivity index (χ0n) is 18.9. The monoisotopic (exact) mass is 457 g/mol. The first-order valence-corrected chi connectivity index (χ1v) is 11.7. The van der Waals surface area contributed by atoms with Crippen molar-refractivity contribution in [3.05, 3.63) is 87.7 Å². The molecule has 0 fully saturated rings. The second kappa shape index (κ2) is 8.13. The third kappa shape index (κ3) is 3.37. The summed E-state index contributed by atoms with van der Waals surface area (Å²) in [6, 6.07) is 18.1. The molecule has 0 spiro atoms. The van der Waals surface area contributed by atoms with Gasteiger partial charge in [0, 0.05) is 24.9 Å². The van der Waals surface area contributed by atoms with E-state index < -0.39 is 5.76 Å². The SMILES string of the molecule is CCCCc1ccc(-c2ccc3c4c([nH]c3c2F)-c2ccc(-c3noc(=O)[nH]3)cc2CC4)cc1.[HH].[HH]. The number of fused-ring (bicyclic) bond motifs is 5. The minimum absolute atomic E-state index is 0. The van der Waals surface area contributed by atoms with Crippen molar-refractivity contribution in [2.75, 3.05) is 0 Å². The van der Waals surface area contributed by atoms with Gasteiger partial charge in [-0.2, -0.15) is 0 Å². The van der Waals surface area contributed by atoms with E-state index in [0.29, 0.717) is 16.9 Å². The quantitative estimate of drug-likeness (QED) is 0.301. The van der Waals surface area contributed by atoms with E-state index in [-0.39, 0.29) is 8.67 Å². The smallest absolute Gasteiger partial charge is 0.352 e. The van der Waals surface area contributed by atoms with Crippen LogP contribution in [0, 0.1) is 5.82 Å². The normalized spacial score (nSPS) is 12.6. The first-order valence-electron chi connectivity index (χ1n) is 11.7. The molecule has 0 bridgehead atoms. The van der Waals surface area contributed by atoms with Gasteiger partial charge in [0.2, 0.25) is 0 Å². The third-order valence-electron chi connectivity index (χ3n) is 6.84. The number of benzene rings is 3. The molecule has 5 nitrogen and oxygen atoms in total. The number of aryl methyl sites for hydroxylation is 3. The van der Waals surface area contributed by atoms with E-state index in [9.17, 15) is 4.79 Å². The lowest BCUT2D eigenvalue weighted by Gasteiger charge is -2.17. The highest BCUT2D eigenvalue weighted by Crippen LogP contribution is 2.41. The number of rotatable bonds is 5. The van der Waals surface area contributed by atoms with Gasteiger partial charge in [0.25, 0.3) is 0 Å². The molecule has 0 saturated carbocycles. The molecule has 6 heteroatoms. The standard InChI is InChI=1S/C28H24FN3O2.2H2/c1-2-3-4-16-5-7-17(8-6-16)20-13-14-23-22-12-9-18-15-19(27-31-28(33)34-32-27)10-11-21(18)25(22)30-26(23)24(20)29;;/h5-8,10-11,13-15,30H,2-4,9,12H2,1H3,(H,31,32,33);2*1H. The number of nitrogens with one attached hydrogen (secondary N) is 2. The second-order valence-electron chi connectivity index (χ2n) is 8.94. The minimum atomic E-state index is -0.576. The number of H-pyrrole nitrogens is 2.